The molecule has 0 aromatic heterocycles. The van der Waals surface area contributed by atoms with Crippen LogP contribution in [0.1, 0.15) is 43.2 Å². The summed E-state index contributed by atoms with van der Waals surface area (Å²) < 4.78 is 2.69. The maximum absolute atomic E-state index is 9.61. The van der Waals surface area contributed by atoms with Crippen LogP contribution in [0.25, 0.3) is 0 Å². The number of aromatic hydroxyl groups is 1. The second-order valence-electron chi connectivity index (χ2n) is 6.03. The second-order valence-corrected chi connectivity index (χ2v) is 6.03. The van der Waals surface area contributed by atoms with Gasteiger partial charge in [0.25, 0.3) is 0 Å². The highest BCUT2D eigenvalue weighted by Crippen LogP contribution is 2.38. The van der Waals surface area contributed by atoms with E-state index < -0.39 is 0 Å². The zero-order valence-electron chi connectivity index (χ0n) is 10.7. The number of hydrogen-bond acceptors (Lipinski definition) is 1. The molecule has 2 heterocycles. The summed E-state index contributed by atoms with van der Waals surface area (Å²) in [4.78, 5) is 0. The molecule has 2 nitrogen and oxygen atoms in total. The smallest absolute Gasteiger partial charge is 0.183 e. The van der Waals surface area contributed by atoms with Gasteiger partial charge in [0.15, 0.2) is 11.8 Å². The van der Waals surface area contributed by atoms with E-state index in [9.17, 15) is 5.11 Å². The van der Waals surface area contributed by atoms with Gasteiger partial charge < -0.3 is 5.11 Å². The molecule has 1 aliphatic carbocycles. The maximum atomic E-state index is 9.61. The Hall–Kier alpha value is -1.31. The van der Waals surface area contributed by atoms with Crippen molar-refractivity contribution < 1.29 is 9.68 Å². The first kappa shape index (κ1) is 10.6. The van der Waals surface area contributed by atoms with E-state index in [1.54, 1.807) is 5.71 Å². The molecule has 0 radical (unpaired) electrons. The Kier molecular flexibility index (Phi) is 2.26. The fourth-order valence-corrected chi connectivity index (χ4v) is 4.33. The number of nitrogens with zero attached hydrogens (tertiary/aromatic N) is 1. The van der Waals surface area contributed by atoms with Gasteiger partial charge in [0.2, 0.25) is 0 Å². The van der Waals surface area contributed by atoms with E-state index in [-0.39, 0.29) is 0 Å². The number of phenols is 1. The van der Waals surface area contributed by atoms with Crippen molar-refractivity contribution in [2.24, 2.45) is 5.92 Å². The van der Waals surface area contributed by atoms with Gasteiger partial charge in [-0.25, -0.2) is 4.58 Å². The summed E-state index contributed by atoms with van der Waals surface area (Å²) in [6, 6.07) is 6.74. The van der Waals surface area contributed by atoms with E-state index in [0.29, 0.717) is 5.75 Å². The van der Waals surface area contributed by atoms with Crippen molar-refractivity contribution in [3.8, 4) is 5.75 Å². The highest BCUT2D eigenvalue weighted by atomic mass is 16.3. The average molecular weight is 242 g/mol. The van der Waals surface area contributed by atoms with Crippen LogP contribution >= 0.6 is 0 Å². The zero-order valence-corrected chi connectivity index (χ0v) is 10.7. The number of fused-ring (bicyclic) bond motifs is 4. The van der Waals surface area contributed by atoms with Gasteiger partial charge in [-0.2, -0.15) is 0 Å². The standard InChI is InChI=1S/C16H19NO/c18-13-5-6-14-12(10-13)8-9-17-15-3-1-2-11(15)4-7-16(14)17/h5-6,10-11,15H,1-4,7-9H2/p+1/t11-,15-/m1/s1. The molecule has 94 valence electrons. The van der Waals surface area contributed by atoms with Gasteiger partial charge in [0, 0.05) is 30.7 Å². The molecule has 2 heteroatoms. The van der Waals surface area contributed by atoms with E-state index in [2.05, 4.69) is 10.6 Å². The lowest BCUT2D eigenvalue weighted by Crippen LogP contribution is -2.43. The molecule has 1 aromatic carbocycles. The summed E-state index contributed by atoms with van der Waals surface area (Å²) in [6.07, 6.45) is 7.95. The van der Waals surface area contributed by atoms with Gasteiger partial charge in [-0.1, -0.05) is 0 Å². The number of rotatable bonds is 0. The molecule has 0 bridgehead atoms. The summed E-state index contributed by atoms with van der Waals surface area (Å²) in [5.41, 5.74) is 4.31. The maximum Gasteiger partial charge on any atom is 0.183 e. The Morgan fingerprint density at radius 3 is 3.00 bits per heavy atom. The quantitative estimate of drug-likeness (QED) is 0.695. The van der Waals surface area contributed by atoms with Crippen molar-refractivity contribution in [3.05, 3.63) is 29.3 Å². The molecule has 1 fully saturated rings. The lowest BCUT2D eigenvalue weighted by Gasteiger charge is -2.29. The molecular formula is C16H20NO+. The first-order valence-corrected chi connectivity index (χ1v) is 7.27. The Balaban J connectivity index is 1.83. The number of benzene rings is 1. The predicted molar refractivity (Wildman–Crippen MR) is 71.4 cm³/mol. The Morgan fingerprint density at radius 1 is 1.11 bits per heavy atom. The van der Waals surface area contributed by atoms with Crippen LogP contribution in [0, 0.1) is 5.92 Å². The normalized spacial score (nSPS) is 29.8. The molecule has 4 rings (SSSR count). The van der Waals surface area contributed by atoms with Crippen LogP contribution in [0.2, 0.25) is 0 Å². The lowest BCUT2D eigenvalue weighted by molar-refractivity contribution is -0.577. The van der Waals surface area contributed by atoms with Crippen LogP contribution in [-0.2, 0) is 6.42 Å². The molecule has 0 saturated heterocycles. The van der Waals surface area contributed by atoms with Gasteiger partial charge >= 0.3 is 0 Å². The molecule has 0 spiro atoms. The van der Waals surface area contributed by atoms with E-state index in [1.165, 1.54) is 43.2 Å². The zero-order chi connectivity index (χ0) is 12.1. The van der Waals surface area contributed by atoms with E-state index >= 15 is 0 Å². The Labute approximate surface area is 108 Å². The van der Waals surface area contributed by atoms with Crippen molar-refractivity contribution in [2.75, 3.05) is 6.54 Å². The predicted octanol–water partition coefficient (Wildman–Crippen LogP) is 2.71. The third-order valence-electron chi connectivity index (χ3n) is 5.14. The first-order chi connectivity index (χ1) is 8.83. The molecule has 1 saturated carbocycles. The fraction of sp³-hybridized carbons (Fsp3) is 0.562. The van der Waals surface area contributed by atoms with Crippen molar-refractivity contribution in [1.82, 2.24) is 0 Å². The third-order valence-corrected chi connectivity index (χ3v) is 5.14. The van der Waals surface area contributed by atoms with Gasteiger partial charge in [0.05, 0.1) is 0 Å². The van der Waals surface area contributed by atoms with Crippen molar-refractivity contribution in [2.45, 2.75) is 44.6 Å². The summed E-state index contributed by atoms with van der Waals surface area (Å²) in [5, 5.41) is 9.61. The molecule has 1 aromatic rings. The second kappa shape index (κ2) is 3.84. The highest BCUT2D eigenvalue weighted by molar-refractivity contribution is 5.99. The largest absolute Gasteiger partial charge is 0.508 e. The first-order valence-electron chi connectivity index (χ1n) is 7.27. The number of hydrogen-bond donors (Lipinski definition) is 1. The highest BCUT2D eigenvalue weighted by Gasteiger charge is 2.42. The Morgan fingerprint density at radius 2 is 2.06 bits per heavy atom. The Bertz CT molecular complexity index is 532. The van der Waals surface area contributed by atoms with Gasteiger partial charge in [-0.15, -0.1) is 0 Å². The summed E-state index contributed by atoms with van der Waals surface area (Å²) >= 11 is 0. The summed E-state index contributed by atoms with van der Waals surface area (Å²) in [7, 11) is 0. The van der Waals surface area contributed by atoms with Crippen LogP contribution in [0.5, 0.6) is 5.75 Å². The van der Waals surface area contributed by atoms with Crippen molar-refractivity contribution >= 4 is 5.71 Å². The summed E-state index contributed by atoms with van der Waals surface area (Å²) in [5.74, 6) is 1.37. The average Bonchev–Trinajstić information content (AvgIpc) is 2.86. The fourth-order valence-electron chi connectivity index (χ4n) is 4.33. The molecule has 1 N–H and O–H groups in total. The van der Waals surface area contributed by atoms with Crippen molar-refractivity contribution in [1.29, 1.82) is 0 Å². The SMILES string of the molecule is Oc1ccc2c(c1)CC[N+]1=C2CC[C@H]2CCC[C@H]21. The van der Waals surface area contributed by atoms with Crippen LogP contribution < -0.4 is 0 Å². The van der Waals surface area contributed by atoms with Gasteiger partial charge in [0.1, 0.15) is 12.3 Å². The van der Waals surface area contributed by atoms with Gasteiger partial charge in [-0.05, 0) is 43.0 Å². The molecule has 0 unspecified atom stereocenters. The number of phenolic OH excluding ortho intramolecular Hbond substituents is 1. The molecule has 0 amide bonds. The molecule has 18 heavy (non-hydrogen) atoms. The van der Waals surface area contributed by atoms with Crippen LogP contribution in [0.4, 0.5) is 0 Å². The molecule has 2 aliphatic heterocycles. The topological polar surface area (TPSA) is 23.2 Å². The minimum Gasteiger partial charge on any atom is -0.508 e. The van der Waals surface area contributed by atoms with Crippen LogP contribution in [0.3, 0.4) is 0 Å². The third kappa shape index (κ3) is 1.44. The van der Waals surface area contributed by atoms with Crippen LogP contribution in [-0.4, -0.2) is 28.0 Å². The lowest BCUT2D eigenvalue weighted by atomic mass is 9.85. The summed E-state index contributed by atoms with van der Waals surface area (Å²) in [6.45, 7) is 1.16. The van der Waals surface area contributed by atoms with Gasteiger partial charge in [-0.3, -0.25) is 0 Å². The monoisotopic (exact) mass is 242 g/mol. The molecular weight excluding hydrogens is 222 g/mol. The molecule has 3 aliphatic rings. The van der Waals surface area contributed by atoms with Crippen LogP contribution in [0.15, 0.2) is 18.2 Å². The van der Waals surface area contributed by atoms with Crippen molar-refractivity contribution in [3.63, 3.8) is 0 Å². The van der Waals surface area contributed by atoms with E-state index in [0.717, 1.165) is 24.9 Å². The van der Waals surface area contributed by atoms with E-state index in [4.69, 9.17) is 0 Å². The minimum atomic E-state index is 0.414. The minimum absolute atomic E-state index is 0.414. The molecule has 2 atom stereocenters. The van der Waals surface area contributed by atoms with E-state index in [1.807, 2.05) is 12.1 Å².